The summed E-state index contributed by atoms with van der Waals surface area (Å²) in [6, 6.07) is 15.1. The van der Waals surface area contributed by atoms with Crippen molar-refractivity contribution in [1.29, 1.82) is 0 Å². The van der Waals surface area contributed by atoms with Crippen molar-refractivity contribution in [2.24, 2.45) is 7.05 Å². The zero-order valence-electron chi connectivity index (χ0n) is 17.8. The van der Waals surface area contributed by atoms with Gasteiger partial charge in [0.15, 0.2) is 0 Å². The predicted octanol–water partition coefficient (Wildman–Crippen LogP) is 6.52. The first-order valence-corrected chi connectivity index (χ1v) is 16.6. The molecule has 0 spiro atoms. The molecule has 30 heavy (non-hydrogen) atoms. The van der Waals surface area contributed by atoms with Gasteiger partial charge >= 0.3 is 198 Å². The van der Waals surface area contributed by atoms with E-state index in [-0.39, 0.29) is 5.41 Å². The van der Waals surface area contributed by atoms with E-state index >= 15 is 0 Å². The topological polar surface area (TPSA) is 34.9 Å². The minimum atomic E-state index is -3.12. The van der Waals surface area contributed by atoms with Crippen molar-refractivity contribution in [2.45, 2.75) is 43.0 Å². The molecule has 158 valence electrons. The normalized spacial score (nSPS) is 25.1. The van der Waals surface area contributed by atoms with Gasteiger partial charge in [0.1, 0.15) is 0 Å². The average molecular weight is 626 g/mol. The molecule has 1 aliphatic heterocycles. The van der Waals surface area contributed by atoms with Gasteiger partial charge < -0.3 is 0 Å². The van der Waals surface area contributed by atoms with Crippen LogP contribution in [0.1, 0.15) is 44.2 Å². The SMILES string of the molecule is C=I1(Cc2ccc(-c3cnn(C)c3)cc2I)C(=O)C(CC)(CCC)c2ccccc21. The second-order valence-corrected chi connectivity index (χ2v) is 16.8. The molecule has 4 rings (SSSR count). The number of halogens is 2. The molecule has 0 aliphatic carbocycles. The summed E-state index contributed by atoms with van der Waals surface area (Å²) in [4.78, 5) is 14.0. The Morgan fingerprint density at radius 3 is 2.57 bits per heavy atom. The van der Waals surface area contributed by atoms with Crippen molar-refractivity contribution in [1.82, 2.24) is 9.78 Å². The van der Waals surface area contributed by atoms with Crippen molar-refractivity contribution >= 4 is 48.9 Å². The third-order valence-corrected chi connectivity index (χ3v) is 15.4. The molecule has 5 heteroatoms. The number of aromatic nitrogens is 2. The van der Waals surface area contributed by atoms with Gasteiger partial charge in [-0.1, -0.05) is 0 Å². The number of aryl methyl sites for hydroxylation is 1. The maximum atomic E-state index is 14.0. The van der Waals surface area contributed by atoms with Crippen molar-refractivity contribution in [2.75, 3.05) is 0 Å². The van der Waals surface area contributed by atoms with E-state index in [0.717, 1.165) is 34.8 Å². The second kappa shape index (κ2) is 8.30. The molecule has 3 nitrogen and oxygen atoms in total. The quantitative estimate of drug-likeness (QED) is 0.178. The van der Waals surface area contributed by atoms with Crippen LogP contribution in [0.2, 0.25) is 0 Å². The molecule has 1 aliphatic rings. The molecule has 0 fully saturated rings. The van der Waals surface area contributed by atoms with Crippen LogP contribution in [0, 0.1) is 7.14 Å². The Morgan fingerprint density at radius 2 is 1.93 bits per heavy atom. The molecular formula is C25H28I2N2O. The van der Waals surface area contributed by atoms with Crippen LogP contribution >= 0.6 is 40.6 Å². The van der Waals surface area contributed by atoms with E-state index in [9.17, 15) is 4.79 Å². The first kappa shape index (κ1) is 21.9. The molecule has 2 unspecified atom stereocenters. The standard InChI is InChI=1S/C25H28I2N2O/c1-5-13-25(6-2)21-9-7-8-10-23(21)27(3,24(25)30)15-19-12-11-18(14-22(19)26)20-16-28-29(4)17-20/h7-12,14,16-17H,3,5-6,13,15H2,1-2,4H3. The van der Waals surface area contributed by atoms with Gasteiger partial charge in [-0.2, -0.15) is 0 Å². The van der Waals surface area contributed by atoms with E-state index in [0.29, 0.717) is 3.79 Å². The molecule has 1 aromatic heterocycles. The van der Waals surface area contributed by atoms with Crippen LogP contribution in [-0.4, -0.2) is 18.1 Å². The number of alkyl halides is 1. The predicted molar refractivity (Wildman–Crippen MR) is 143 cm³/mol. The number of carbonyl (C=O) groups is 1. The molecule has 0 radical (unpaired) electrons. The van der Waals surface area contributed by atoms with Crippen LogP contribution in [-0.2, 0) is 21.7 Å². The Labute approximate surface area is 196 Å². The number of rotatable bonds is 6. The zero-order valence-corrected chi connectivity index (χ0v) is 22.1. The number of benzene rings is 2. The number of hydrogen-bond donors (Lipinski definition) is 0. The van der Waals surface area contributed by atoms with Gasteiger partial charge in [0.2, 0.25) is 0 Å². The van der Waals surface area contributed by atoms with Crippen molar-refractivity contribution in [3.63, 3.8) is 0 Å². The van der Waals surface area contributed by atoms with Crippen LogP contribution in [0.15, 0.2) is 54.9 Å². The Balaban J connectivity index is 1.76. The molecule has 0 bridgehead atoms. The molecule has 0 amide bonds. The molecule has 0 saturated heterocycles. The molecular weight excluding hydrogens is 598 g/mol. The molecule has 2 heterocycles. The summed E-state index contributed by atoms with van der Waals surface area (Å²) >= 11 is -0.707. The Bertz CT molecular complexity index is 1160. The van der Waals surface area contributed by atoms with E-state index in [4.69, 9.17) is 4.51 Å². The summed E-state index contributed by atoms with van der Waals surface area (Å²) < 4.78 is 10.3. The van der Waals surface area contributed by atoms with Gasteiger partial charge in [-0.25, -0.2) is 0 Å². The third kappa shape index (κ3) is 3.42. The zero-order chi connectivity index (χ0) is 21.5. The van der Waals surface area contributed by atoms with Gasteiger partial charge in [0.05, 0.1) is 0 Å². The van der Waals surface area contributed by atoms with E-state index in [1.54, 1.807) is 0 Å². The number of fused-ring (bicyclic) bond motifs is 1. The van der Waals surface area contributed by atoms with Crippen LogP contribution in [0.4, 0.5) is 0 Å². The number of carbonyl (C=O) groups excluding carboxylic acids is 1. The van der Waals surface area contributed by atoms with Gasteiger partial charge in [-0.05, 0) is 0 Å². The third-order valence-electron chi connectivity index (χ3n) is 6.23. The first-order chi connectivity index (χ1) is 14.4. The fourth-order valence-electron chi connectivity index (χ4n) is 4.66. The number of nitrogens with zero attached hydrogens (tertiary/aromatic N) is 2. The summed E-state index contributed by atoms with van der Waals surface area (Å²) in [5.41, 5.74) is 4.47. The van der Waals surface area contributed by atoms with E-state index in [1.807, 2.05) is 24.1 Å². The molecule has 0 N–H and O–H groups in total. The van der Waals surface area contributed by atoms with Crippen molar-refractivity contribution < 1.29 is 4.79 Å². The fourth-order valence-corrected chi connectivity index (χ4v) is 15.1. The number of hydrogen-bond acceptors (Lipinski definition) is 2. The summed E-state index contributed by atoms with van der Waals surface area (Å²) in [5, 5.41) is 4.29. The average Bonchev–Trinajstić information content (AvgIpc) is 3.25. The first-order valence-electron chi connectivity index (χ1n) is 10.3. The maximum absolute atomic E-state index is 14.0. The summed E-state index contributed by atoms with van der Waals surface area (Å²) in [6.45, 7) is 4.35. The van der Waals surface area contributed by atoms with Gasteiger partial charge in [-0.15, -0.1) is 0 Å². The molecule has 0 saturated carbocycles. The minimum absolute atomic E-state index is 0.329. The fraction of sp³-hybridized carbons (Fsp3) is 0.320. The van der Waals surface area contributed by atoms with Gasteiger partial charge in [-0.3, -0.25) is 0 Å². The Morgan fingerprint density at radius 1 is 1.17 bits per heavy atom. The summed E-state index contributed by atoms with van der Waals surface area (Å²) in [5.74, 6) is 0. The van der Waals surface area contributed by atoms with E-state index in [2.05, 4.69) is 84.0 Å². The molecule has 3 aromatic rings. The Hall–Kier alpha value is -1.35. The van der Waals surface area contributed by atoms with Crippen LogP contribution in [0.5, 0.6) is 0 Å². The monoisotopic (exact) mass is 626 g/mol. The van der Waals surface area contributed by atoms with Gasteiger partial charge in [0.25, 0.3) is 0 Å². The van der Waals surface area contributed by atoms with Gasteiger partial charge in [0, 0.05) is 0 Å². The van der Waals surface area contributed by atoms with Crippen LogP contribution < -0.4 is 0 Å². The van der Waals surface area contributed by atoms with Crippen LogP contribution in [0.3, 0.4) is 0 Å². The van der Waals surface area contributed by atoms with E-state index < -0.39 is 18.0 Å². The molecule has 2 aromatic carbocycles. The molecule has 2 atom stereocenters. The van der Waals surface area contributed by atoms with Crippen molar-refractivity contribution in [3.05, 3.63) is 73.1 Å². The van der Waals surface area contributed by atoms with Crippen LogP contribution in [0.25, 0.3) is 11.1 Å². The Kier molecular flexibility index (Phi) is 6.05. The second-order valence-electron chi connectivity index (χ2n) is 8.10. The van der Waals surface area contributed by atoms with Crippen molar-refractivity contribution in [3.8, 4) is 11.1 Å². The summed E-state index contributed by atoms with van der Waals surface area (Å²) in [6.07, 6.45) is 6.73. The summed E-state index contributed by atoms with van der Waals surface area (Å²) in [7, 11) is 1.93. The van der Waals surface area contributed by atoms with E-state index in [1.165, 1.54) is 18.3 Å².